The molecule has 1 aliphatic heterocycles. The Kier molecular flexibility index (Phi) is 6.20. The van der Waals surface area contributed by atoms with Crippen LogP contribution in [0.25, 0.3) is 5.65 Å². The van der Waals surface area contributed by atoms with Crippen molar-refractivity contribution in [3.63, 3.8) is 0 Å². The normalized spacial score (nSPS) is 16.3. The van der Waals surface area contributed by atoms with Gasteiger partial charge in [0.25, 0.3) is 5.56 Å². The summed E-state index contributed by atoms with van der Waals surface area (Å²) in [4.78, 5) is 17.4. The van der Waals surface area contributed by atoms with Crippen molar-refractivity contribution in [2.45, 2.75) is 58.2 Å². The molecule has 30 heavy (non-hydrogen) atoms. The lowest BCUT2D eigenvalue weighted by atomic mass is 9.97. The van der Waals surface area contributed by atoms with Crippen LogP contribution in [0, 0.1) is 0 Å². The van der Waals surface area contributed by atoms with Gasteiger partial charge in [0, 0.05) is 49.5 Å². The van der Waals surface area contributed by atoms with Gasteiger partial charge in [-0.25, -0.2) is 9.50 Å². The third kappa shape index (κ3) is 4.74. The molecule has 2 aromatic heterocycles. The number of aromatic amines is 1. The smallest absolute Gasteiger partial charge is 0.272 e. The summed E-state index contributed by atoms with van der Waals surface area (Å²) in [5, 5.41) is 6.69. The molecule has 0 amide bonds. The lowest BCUT2D eigenvalue weighted by Crippen LogP contribution is -2.23. The highest BCUT2D eigenvalue weighted by Gasteiger charge is 2.19. The van der Waals surface area contributed by atoms with Crippen LogP contribution in [0.2, 0.25) is 0 Å². The second-order valence-corrected chi connectivity index (χ2v) is 8.22. The molecule has 4 rings (SSSR count). The van der Waals surface area contributed by atoms with Crippen LogP contribution in [0.4, 0.5) is 0 Å². The fourth-order valence-electron chi connectivity index (χ4n) is 3.80. The Morgan fingerprint density at radius 1 is 1.20 bits per heavy atom. The number of nitrogens with zero attached hydrogens (tertiary/aromatic N) is 2. The molecular formula is C23H30N4O3. The van der Waals surface area contributed by atoms with Gasteiger partial charge in [0.1, 0.15) is 5.75 Å². The Balaban J connectivity index is 1.45. The highest BCUT2D eigenvalue weighted by atomic mass is 16.5. The number of H-pyrrole nitrogens is 1. The highest BCUT2D eigenvalue weighted by molar-refractivity contribution is 5.41. The van der Waals surface area contributed by atoms with Gasteiger partial charge in [0.05, 0.1) is 11.8 Å². The van der Waals surface area contributed by atoms with Crippen LogP contribution in [-0.2, 0) is 11.3 Å². The Hall–Kier alpha value is -2.64. The summed E-state index contributed by atoms with van der Waals surface area (Å²) in [7, 11) is 0. The zero-order chi connectivity index (χ0) is 21.1. The van der Waals surface area contributed by atoms with E-state index >= 15 is 0 Å². The van der Waals surface area contributed by atoms with E-state index in [2.05, 4.69) is 22.5 Å². The fraction of sp³-hybridized carbons (Fsp3) is 0.478. The van der Waals surface area contributed by atoms with Crippen LogP contribution in [-0.4, -0.2) is 33.9 Å². The molecule has 3 heterocycles. The zero-order valence-electron chi connectivity index (χ0n) is 17.9. The van der Waals surface area contributed by atoms with E-state index in [9.17, 15) is 4.79 Å². The van der Waals surface area contributed by atoms with Gasteiger partial charge in [-0.3, -0.25) is 9.89 Å². The van der Waals surface area contributed by atoms with Gasteiger partial charge in [-0.15, -0.1) is 0 Å². The highest BCUT2D eigenvalue weighted by Crippen LogP contribution is 2.26. The molecule has 1 aromatic carbocycles. The number of hydrogen-bond donors (Lipinski definition) is 2. The number of nitrogens with one attached hydrogen (secondary N) is 2. The quantitative estimate of drug-likeness (QED) is 0.623. The molecule has 0 saturated carbocycles. The number of benzene rings is 1. The largest absolute Gasteiger partial charge is 0.491 e. The number of aromatic nitrogens is 3. The average molecular weight is 411 g/mol. The minimum absolute atomic E-state index is 0.0456. The van der Waals surface area contributed by atoms with Crippen molar-refractivity contribution < 1.29 is 9.47 Å². The summed E-state index contributed by atoms with van der Waals surface area (Å²) >= 11 is 0. The lowest BCUT2D eigenvalue weighted by molar-refractivity contribution is 0.0844. The molecule has 1 fully saturated rings. The van der Waals surface area contributed by atoms with Crippen LogP contribution in [0.1, 0.15) is 62.5 Å². The zero-order valence-corrected chi connectivity index (χ0v) is 17.9. The second-order valence-electron chi connectivity index (χ2n) is 8.22. The number of fused-ring (bicyclic) bond motifs is 1. The summed E-state index contributed by atoms with van der Waals surface area (Å²) in [6.45, 7) is 8.27. The first-order valence-electron chi connectivity index (χ1n) is 10.7. The van der Waals surface area contributed by atoms with Crippen LogP contribution >= 0.6 is 0 Å². The van der Waals surface area contributed by atoms with Gasteiger partial charge in [-0.05, 0) is 51.3 Å². The molecule has 7 nitrogen and oxygen atoms in total. The van der Waals surface area contributed by atoms with E-state index in [0.29, 0.717) is 18.1 Å². The van der Waals surface area contributed by atoms with E-state index in [1.807, 2.05) is 39.0 Å². The molecule has 1 aliphatic rings. The minimum Gasteiger partial charge on any atom is -0.491 e. The van der Waals surface area contributed by atoms with E-state index in [1.54, 1.807) is 6.07 Å². The maximum Gasteiger partial charge on any atom is 0.272 e. The molecule has 0 radical (unpaired) electrons. The number of rotatable bonds is 7. The van der Waals surface area contributed by atoms with E-state index in [4.69, 9.17) is 14.5 Å². The van der Waals surface area contributed by atoms with Crippen molar-refractivity contribution in [3.8, 4) is 5.75 Å². The first-order valence-corrected chi connectivity index (χ1v) is 10.7. The molecule has 1 atom stereocenters. The first-order chi connectivity index (χ1) is 14.5. The topological polar surface area (TPSA) is 80.6 Å². The molecule has 0 spiro atoms. The van der Waals surface area contributed by atoms with Crippen LogP contribution in [0.5, 0.6) is 5.75 Å². The minimum atomic E-state index is -0.0860. The summed E-state index contributed by atoms with van der Waals surface area (Å²) in [6.07, 6.45) is 2.09. The first kappa shape index (κ1) is 20.6. The summed E-state index contributed by atoms with van der Waals surface area (Å²) in [5.74, 6) is 1.26. The maximum absolute atomic E-state index is 12.6. The van der Waals surface area contributed by atoms with Crippen molar-refractivity contribution in [2.75, 3.05) is 13.2 Å². The summed E-state index contributed by atoms with van der Waals surface area (Å²) in [5.41, 5.74) is 3.54. The van der Waals surface area contributed by atoms with Gasteiger partial charge in [0.2, 0.25) is 0 Å². The second kappa shape index (κ2) is 9.02. The predicted octanol–water partition coefficient (Wildman–Crippen LogP) is 3.55. The van der Waals surface area contributed by atoms with Gasteiger partial charge in [-0.1, -0.05) is 12.1 Å². The van der Waals surface area contributed by atoms with Gasteiger partial charge in [-0.2, -0.15) is 0 Å². The van der Waals surface area contributed by atoms with Crippen molar-refractivity contribution in [1.82, 2.24) is 19.9 Å². The molecule has 0 unspecified atom stereocenters. The van der Waals surface area contributed by atoms with Crippen molar-refractivity contribution >= 4 is 5.65 Å². The van der Waals surface area contributed by atoms with Crippen LogP contribution < -0.4 is 15.6 Å². The molecule has 1 saturated heterocycles. The van der Waals surface area contributed by atoms with Gasteiger partial charge >= 0.3 is 0 Å². The van der Waals surface area contributed by atoms with Crippen molar-refractivity contribution in [3.05, 3.63) is 63.7 Å². The molecule has 3 aromatic rings. The van der Waals surface area contributed by atoms with Crippen LogP contribution in [0.15, 0.2) is 41.2 Å². The Bertz CT molecular complexity index is 1030. The fourth-order valence-corrected chi connectivity index (χ4v) is 3.80. The van der Waals surface area contributed by atoms with Crippen LogP contribution in [0.3, 0.4) is 0 Å². The van der Waals surface area contributed by atoms with Gasteiger partial charge < -0.3 is 14.8 Å². The van der Waals surface area contributed by atoms with E-state index in [-0.39, 0.29) is 17.7 Å². The summed E-state index contributed by atoms with van der Waals surface area (Å²) < 4.78 is 12.7. The molecular weight excluding hydrogens is 380 g/mol. The maximum atomic E-state index is 12.6. The Labute approximate surface area is 176 Å². The van der Waals surface area contributed by atoms with E-state index in [1.165, 1.54) is 4.52 Å². The van der Waals surface area contributed by atoms with Crippen molar-refractivity contribution in [1.29, 1.82) is 0 Å². The SMILES string of the molecule is CC(C)Oc1ccc(CN[C@@H](C)c2cc(=O)n3[nH]c(C4CCOCC4)cc3n2)cc1. The van der Waals surface area contributed by atoms with E-state index < -0.39 is 0 Å². The van der Waals surface area contributed by atoms with E-state index in [0.717, 1.165) is 48.8 Å². The van der Waals surface area contributed by atoms with Crippen molar-refractivity contribution in [2.24, 2.45) is 0 Å². The third-order valence-electron chi connectivity index (χ3n) is 5.50. The monoisotopic (exact) mass is 410 g/mol. The molecule has 160 valence electrons. The van der Waals surface area contributed by atoms with Gasteiger partial charge in [0.15, 0.2) is 5.65 Å². The molecule has 0 aliphatic carbocycles. The molecule has 2 N–H and O–H groups in total. The Morgan fingerprint density at radius 3 is 2.63 bits per heavy atom. The lowest BCUT2D eigenvalue weighted by Gasteiger charge is -2.20. The molecule has 0 bridgehead atoms. The standard InChI is InChI=1S/C23H30N4O3/c1-15(2)30-19-6-4-17(5-7-19)14-24-16(3)20-13-23(28)27-22(25-20)12-21(26-27)18-8-10-29-11-9-18/h4-7,12-13,15-16,18,24,26H,8-11,14H2,1-3H3/t16-/m0/s1. The third-order valence-corrected chi connectivity index (χ3v) is 5.50. The number of ether oxygens (including phenoxy) is 2. The molecule has 7 heteroatoms. The predicted molar refractivity (Wildman–Crippen MR) is 116 cm³/mol. The Morgan fingerprint density at radius 2 is 1.93 bits per heavy atom. The summed E-state index contributed by atoms with van der Waals surface area (Å²) in [6, 6.07) is 11.6. The number of hydrogen-bond acceptors (Lipinski definition) is 5. The average Bonchev–Trinajstić information content (AvgIpc) is 3.18.